The molecule has 1 rings (SSSR count). The van der Waals surface area contributed by atoms with E-state index in [1.807, 2.05) is 18.2 Å². The molecule has 0 aliphatic heterocycles. The lowest BCUT2D eigenvalue weighted by atomic mass is 10.1. The second kappa shape index (κ2) is 7.30. The van der Waals surface area contributed by atoms with Gasteiger partial charge in [-0.15, -0.1) is 0 Å². The van der Waals surface area contributed by atoms with Crippen LogP contribution in [0, 0.1) is 6.92 Å². The second-order valence-electron chi connectivity index (χ2n) is 4.08. The largest absolute Gasteiger partial charge is 0.497 e. The van der Waals surface area contributed by atoms with Crippen LogP contribution >= 0.6 is 0 Å². The lowest BCUT2D eigenvalue weighted by Gasteiger charge is -2.26. The SMILES string of the molecule is [CH2]CCN(C)C(Cc1cccc(OC)c1)OC. The van der Waals surface area contributed by atoms with Gasteiger partial charge in [0.1, 0.15) is 12.0 Å². The number of hydrogen-bond donors (Lipinski definition) is 0. The Bertz CT molecular complexity index is 328. The van der Waals surface area contributed by atoms with Crippen molar-refractivity contribution in [2.45, 2.75) is 19.1 Å². The summed E-state index contributed by atoms with van der Waals surface area (Å²) in [6, 6.07) is 8.09. The summed E-state index contributed by atoms with van der Waals surface area (Å²) in [6.07, 6.45) is 1.82. The molecule has 0 heterocycles. The van der Waals surface area contributed by atoms with Crippen LogP contribution in [0.25, 0.3) is 0 Å². The van der Waals surface area contributed by atoms with Crippen molar-refractivity contribution in [3.63, 3.8) is 0 Å². The second-order valence-corrected chi connectivity index (χ2v) is 4.08. The maximum atomic E-state index is 5.50. The Balaban J connectivity index is 2.66. The molecule has 1 atom stereocenters. The summed E-state index contributed by atoms with van der Waals surface area (Å²) in [7, 11) is 5.48. The first-order valence-electron chi connectivity index (χ1n) is 5.86. The number of likely N-dealkylation sites (N-methyl/N-ethyl adjacent to an activating group) is 1. The molecule has 0 fully saturated rings. The van der Waals surface area contributed by atoms with Crippen LogP contribution < -0.4 is 4.74 Å². The molecule has 3 nitrogen and oxygen atoms in total. The van der Waals surface area contributed by atoms with Crippen molar-refractivity contribution >= 4 is 0 Å². The fourth-order valence-electron chi connectivity index (χ4n) is 1.81. The van der Waals surface area contributed by atoms with E-state index in [1.165, 1.54) is 5.56 Å². The van der Waals surface area contributed by atoms with Crippen molar-refractivity contribution in [3.8, 4) is 5.75 Å². The minimum Gasteiger partial charge on any atom is -0.497 e. The van der Waals surface area contributed by atoms with Crippen LogP contribution in [-0.2, 0) is 11.2 Å². The lowest BCUT2D eigenvalue weighted by Crippen LogP contribution is -2.35. The van der Waals surface area contributed by atoms with Crippen LogP contribution in [0.4, 0.5) is 0 Å². The topological polar surface area (TPSA) is 21.7 Å². The van der Waals surface area contributed by atoms with Crippen LogP contribution in [0.1, 0.15) is 12.0 Å². The highest BCUT2D eigenvalue weighted by molar-refractivity contribution is 5.28. The van der Waals surface area contributed by atoms with Gasteiger partial charge in [-0.2, -0.15) is 0 Å². The number of nitrogens with zero attached hydrogens (tertiary/aromatic N) is 1. The zero-order chi connectivity index (χ0) is 12.7. The number of ether oxygens (including phenoxy) is 2. The maximum Gasteiger partial charge on any atom is 0.119 e. The standard InChI is InChI=1S/C14H22NO2/c1-5-9-15(2)14(17-4)11-12-7-6-8-13(10-12)16-3/h6-8,10,14H,1,5,9,11H2,2-4H3. The van der Waals surface area contributed by atoms with Crippen molar-refractivity contribution in [2.24, 2.45) is 0 Å². The zero-order valence-corrected chi connectivity index (χ0v) is 11.0. The summed E-state index contributed by atoms with van der Waals surface area (Å²) in [4.78, 5) is 2.17. The van der Waals surface area contributed by atoms with Crippen LogP contribution in [0.5, 0.6) is 5.75 Å². The molecule has 3 heteroatoms. The van der Waals surface area contributed by atoms with Gasteiger partial charge in [-0.05, 0) is 31.2 Å². The highest BCUT2D eigenvalue weighted by Gasteiger charge is 2.13. The van der Waals surface area contributed by atoms with Crippen molar-refractivity contribution in [1.82, 2.24) is 4.90 Å². The Kier molecular flexibility index (Phi) is 6.01. The highest BCUT2D eigenvalue weighted by atomic mass is 16.5. The third kappa shape index (κ3) is 4.36. The van der Waals surface area contributed by atoms with E-state index in [1.54, 1.807) is 14.2 Å². The fourth-order valence-corrected chi connectivity index (χ4v) is 1.81. The first-order chi connectivity index (χ1) is 8.21. The van der Waals surface area contributed by atoms with Gasteiger partial charge in [0.05, 0.1) is 7.11 Å². The van der Waals surface area contributed by atoms with Gasteiger partial charge in [-0.3, -0.25) is 4.90 Å². The first kappa shape index (κ1) is 14.0. The lowest BCUT2D eigenvalue weighted by molar-refractivity contribution is -0.0160. The van der Waals surface area contributed by atoms with Gasteiger partial charge < -0.3 is 9.47 Å². The number of rotatable bonds is 7. The van der Waals surface area contributed by atoms with Crippen molar-refractivity contribution < 1.29 is 9.47 Å². The molecule has 0 saturated carbocycles. The predicted molar refractivity (Wildman–Crippen MR) is 70.1 cm³/mol. The van der Waals surface area contributed by atoms with Gasteiger partial charge in [0.2, 0.25) is 0 Å². The molecule has 1 radical (unpaired) electrons. The molecule has 0 saturated heterocycles. The zero-order valence-electron chi connectivity index (χ0n) is 11.0. The third-order valence-corrected chi connectivity index (χ3v) is 2.82. The minimum atomic E-state index is 0.0869. The van der Waals surface area contributed by atoms with Gasteiger partial charge >= 0.3 is 0 Å². The van der Waals surface area contributed by atoms with E-state index in [4.69, 9.17) is 9.47 Å². The van der Waals surface area contributed by atoms with E-state index in [2.05, 4.69) is 24.9 Å². The van der Waals surface area contributed by atoms with E-state index in [9.17, 15) is 0 Å². The minimum absolute atomic E-state index is 0.0869. The van der Waals surface area contributed by atoms with E-state index >= 15 is 0 Å². The molecule has 0 aliphatic rings. The van der Waals surface area contributed by atoms with Crippen molar-refractivity contribution in [2.75, 3.05) is 27.8 Å². The van der Waals surface area contributed by atoms with E-state index in [0.717, 1.165) is 25.1 Å². The van der Waals surface area contributed by atoms with Crippen LogP contribution in [0.2, 0.25) is 0 Å². The van der Waals surface area contributed by atoms with Crippen LogP contribution in [-0.4, -0.2) is 38.9 Å². The molecule has 1 unspecified atom stereocenters. The quantitative estimate of drug-likeness (QED) is 0.678. The van der Waals surface area contributed by atoms with E-state index < -0.39 is 0 Å². The monoisotopic (exact) mass is 236 g/mol. The van der Waals surface area contributed by atoms with Crippen LogP contribution in [0.3, 0.4) is 0 Å². The molecule has 0 bridgehead atoms. The smallest absolute Gasteiger partial charge is 0.119 e. The summed E-state index contributed by atoms with van der Waals surface area (Å²) in [5.74, 6) is 0.886. The molecule has 17 heavy (non-hydrogen) atoms. The first-order valence-corrected chi connectivity index (χ1v) is 5.86. The average molecular weight is 236 g/mol. The summed E-state index contributed by atoms with van der Waals surface area (Å²) in [6.45, 7) is 4.79. The summed E-state index contributed by atoms with van der Waals surface area (Å²) in [5, 5.41) is 0. The predicted octanol–water partition coefficient (Wildman–Crippen LogP) is 2.37. The van der Waals surface area contributed by atoms with Crippen molar-refractivity contribution in [3.05, 3.63) is 36.8 Å². The van der Waals surface area contributed by atoms with Gasteiger partial charge in [0, 0.05) is 20.1 Å². The van der Waals surface area contributed by atoms with Gasteiger partial charge in [-0.25, -0.2) is 0 Å². The highest BCUT2D eigenvalue weighted by Crippen LogP contribution is 2.15. The van der Waals surface area contributed by atoms with Gasteiger partial charge in [0.25, 0.3) is 0 Å². The summed E-state index contributed by atoms with van der Waals surface area (Å²) in [5.41, 5.74) is 1.21. The maximum absolute atomic E-state index is 5.50. The molecule has 0 amide bonds. The molecular weight excluding hydrogens is 214 g/mol. The molecular formula is C14H22NO2. The van der Waals surface area contributed by atoms with Crippen molar-refractivity contribution in [1.29, 1.82) is 0 Å². The van der Waals surface area contributed by atoms with Gasteiger partial charge in [0.15, 0.2) is 0 Å². The molecule has 0 N–H and O–H groups in total. The normalized spacial score (nSPS) is 12.8. The summed E-state index contributed by atoms with van der Waals surface area (Å²) >= 11 is 0. The molecule has 0 aliphatic carbocycles. The molecule has 1 aromatic rings. The Labute approximate surface area is 104 Å². The Hall–Kier alpha value is -1.06. The number of hydrogen-bond acceptors (Lipinski definition) is 3. The molecule has 1 aromatic carbocycles. The summed E-state index contributed by atoms with van der Waals surface area (Å²) < 4.78 is 10.7. The molecule has 0 spiro atoms. The molecule has 95 valence electrons. The Morgan fingerprint density at radius 1 is 1.35 bits per heavy atom. The van der Waals surface area contributed by atoms with E-state index in [0.29, 0.717) is 0 Å². The average Bonchev–Trinajstić information content (AvgIpc) is 2.36. The fraction of sp³-hybridized carbons (Fsp3) is 0.500. The van der Waals surface area contributed by atoms with Gasteiger partial charge in [-0.1, -0.05) is 19.1 Å². The number of methoxy groups -OCH3 is 2. The third-order valence-electron chi connectivity index (χ3n) is 2.82. The Morgan fingerprint density at radius 3 is 2.71 bits per heavy atom. The Morgan fingerprint density at radius 2 is 2.12 bits per heavy atom. The van der Waals surface area contributed by atoms with E-state index in [-0.39, 0.29) is 6.23 Å². The number of benzene rings is 1. The molecule has 0 aromatic heterocycles. The van der Waals surface area contributed by atoms with Crippen LogP contribution in [0.15, 0.2) is 24.3 Å².